The van der Waals surface area contributed by atoms with E-state index in [0.717, 1.165) is 41.8 Å². The predicted octanol–water partition coefficient (Wildman–Crippen LogP) is 3.28. The smallest absolute Gasteiger partial charge is 0.225 e. The molecule has 1 aromatic rings. The van der Waals surface area contributed by atoms with E-state index < -0.39 is 0 Å². The first kappa shape index (κ1) is 16.3. The van der Waals surface area contributed by atoms with Gasteiger partial charge in [-0.25, -0.2) is 4.98 Å². The molecule has 116 valence electrons. The Kier molecular flexibility index (Phi) is 4.91. The molecule has 1 unspecified atom stereocenters. The van der Waals surface area contributed by atoms with Crippen molar-refractivity contribution in [1.82, 2.24) is 10.3 Å². The SMILES string of the molecule is Cc1cc(Br)cnc1N1CCCC(C(=O)NC(C)(C)C)C1. The molecule has 0 aromatic carbocycles. The van der Waals surface area contributed by atoms with Crippen molar-refractivity contribution in [3.05, 3.63) is 22.3 Å². The molecule has 4 nitrogen and oxygen atoms in total. The van der Waals surface area contributed by atoms with Crippen LogP contribution in [0.1, 0.15) is 39.2 Å². The highest BCUT2D eigenvalue weighted by molar-refractivity contribution is 9.10. The quantitative estimate of drug-likeness (QED) is 0.887. The van der Waals surface area contributed by atoms with Gasteiger partial charge < -0.3 is 10.2 Å². The maximum atomic E-state index is 12.4. The normalized spacial score (nSPS) is 19.5. The average Bonchev–Trinajstić information content (AvgIpc) is 2.37. The van der Waals surface area contributed by atoms with Crippen LogP contribution in [0.3, 0.4) is 0 Å². The molecule has 0 saturated carbocycles. The lowest BCUT2D eigenvalue weighted by Gasteiger charge is -2.35. The number of carbonyl (C=O) groups excluding carboxylic acids is 1. The average molecular weight is 354 g/mol. The molecule has 5 heteroatoms. The second-order valence-electron chi connectivity index (χ2n) is 6.82. The minimum atomic E-state index is -0.175. The number of amides is 1. The number of hydrogen-bond acceptors (Lipinski definition) is 3. The summed E-state index contributed by atoms with van der Waals surface area (Å²) < 4.78 is 0.989. The van der Waals surface area contributed by atoms with E-state index in [4.69, 9.17) is 0 Å². The first-order valence-corrected chi connectivity index (χ1v) is 8.25. The number of carbonyl (C=O) groups is 1. The molecule has 1 aliphatic rings. The van der Waals surface area contributed by atoms with Gasteiger partial charge in [0.2, 0.25) is 5.91 Å². The molecule has 1 N–H and O–H groups in total. The molecule has 0 radical (unpaired) electrons. The molecule has 1 amide bonds. The van der Waals surface area contributed by atoms with Crippen LogP contribution in [0.25, 0.3) is 0 Å². The second kappa shape index (κ2) is 6.34. The van der Waals surface area contributed by atoms with Gasteiger partial charge >= 0.3 is 0 Å². The molecule has 2 heterocycles. The van der Waals surface area contributed by atoms with E-state index in [2.05, 4.69) is 44.1 Å². The van der Waals surface area contributed by atoms with Crippen molar-refractivity contribution in [2.75, 3.05) is 18.0 Å². The number of nitrogens with one attached hydrogen (secondary N) is 1. The number of anilines is 1. The van der Waals surface area contributed by atoms with Crippen LogP contribution >= 0.6 is 15.9 Å². The first-order chi connectivity index (χ1) is 9.76. The lowest BCUT2D eigenvalue weighted by atomic mass is 9.95. The fourth-order valence-corrected chi connectivity index (χ4v) is 3.17. The van der Waals surface area contributed by atoms with E-state index in [1.54, 1.807) is 0 Å². The highest BCUT2D eigenvalue weighted by Gasteiger charge is 2.29. The Morgan fingerprint density at radius 3 is 2.81 bits per heavy atom. The summed E-state index contributed by atoms with van der Waals surface area (Å²) in [5, 5.41) is 3.09. The van der Waals surface area contributed by atoms with Crippen LogP contribution in [0.2, 0.25) is 0 Å². The first-order valence-electron chi connectivity index (χ1n) is 7.45. The number of aryl methyl sites for hydroxylation is 1. The molecule has 0 aliphatic carbocycles. The molecule has 1 atom stereocenters. The number of halogens is 1. The largest absolute Gasteiger partial charge is 0.356 e. The van der Waals surface area contributed by atoms with Gasteiger partial charge in [0.1, 0.15) is 5.82 Å². The van der Waals surface area contributed by atoms with Crippen LogP contribution in [0, 0.1) is 12.8 Å². The number of nitrogens with zero attached hydrogens (tertiary/aromatic N) is 2. The van der Waals surface area contributed by atoms with Gasteiger partial charge in [0.05, 0.1) is 5.92 Å². The van der Waals surface area contributed by atoms with Crippen LogP contribution in [0.15, 0.2) is 16.7 Å². The fourth-order valence-electron chi connectivity index (χ4n) is 2.72. The third kappa shape index (κ3) is 4.43. The Hall–Kier alpha value is -1.10. The molecule has 1 saturated heterocycles. The lowest BCUT2D eigenvalue weighted by Crippen LogP contribution is -2.49. The van der Waals surface area contributed by atoms with Crippen molar-refractivity contribution in [1.29, 1.82) is 0 Å². The van der Waals surface area contributed by atoms with E-state index in [1.165, 1.54) is 0 Å². The highest BCUT2D eigenvalue weighted by Crippen LogP contribution is 2.26. The van der Waals surface area contributed by atoms with Gasteiger partial charge in [0.25, 0.3) is 0 Å². The Balaban J connectivity index is 2.08. The van der Waals surface area contributed by atoms with Gasteiger partial charge in [-0.3, -0.25) is 4.79 Å². The van der Waals surface area contributed by atoms with Crippen LogP contribution in [0.5, 0.6) is 0 Å². The molecular formula is C16H24BrN3O. The zero-order valence-corrected chi connectivity index (χ0v) is 14.8. The molecule has 0 spiro atoms. The van der Waals surface area contributed by atoms with Gasteiger partial charge in [-0.05, 0) is 68.1 Å². The van der Waals surface area contributed by atoms with Gasteiger partial charge in [0.15, 0.2) is 0 Å². The standard InChI is InChI=1S/C16H24BrN3O/c1-11-8-13(17)9-18-14(11)20-7-5-6-12(10-20)15(21)19-16(2,3)4/h8-9,12H,5-7,10H2,1-4H3,(H,19,21). The number of pyridine rings is 1. The van der Waals surface area contributed by atoms with Gasteiger partial charge in [-0.15, -0.1) is 0 Å². The molecule has 1 aromatic heterocycles. The molecule has 21 heavy (non-hydrogen) atoms. The number of hydrogen-bond donors (Lipinski definition) is 1. The summed E-state index contributed by atoms with van der Waals surface area (Å²) in [5.41, 5.74) is 0.965. The van der Waals surface area contributed by atoms with E-state index in [0.29, 0.717) is 0 Å². The molecule has 2 rings (SSSR count). The van der Waals surface area contributed by atoms with E-state index in [9.17, 15) is 4.79 Å². The number of piperidine rings is 1. The molecule has 1 aliphatic heterocycles. The second-order valence-corrected chi connectivity index (χ2v) is 7.73. The summed E-state index contributed by atoms with van der Waals surface area (Å²) in [6.07, 6.45) is 3.80. The summed E-state index contributed by atoms with van der Waals surface area (Å²) in [6, 6.07) is 2.07. The highest BCUT2D eigenvalue weighted by atomic mass is 79.9. The lowest BCUT2D eigenvalue weighted by molar-refractivity contribution is -0.126. The molecule has 0 bridgehead atoms. The summed E-state index contributed by atoms with van der Waals surface area (Å²) in [6.45, 7) is 9.84. The topological polar surface area (TPSA) is 45.2 Å². The van der Waals surface area contributed by atoms with Crippen LogP contribution in [0.4, 0.5) is 5.82 Å². The molecular weight excluding hydrogens is 330 g/mol. The van der Waals surface area contributed by atoms with Crippen LogP contribution in [-0.4, -0.2) is 29.5 Å². The third-order valence-corrected chi connectivity index (χ3v) is 4.04. The van der Waals surface area contributed by atoms with Crippen molar-refractivity contribution in [3.63, 3.8) is 0 Å². The summed E-state index contributed by atoms with van der Waals surface area (Å²) in [5.74, 6) is 1.19. The van der Waals surface area contributed by atoms with Gasteiger partial charge in [-0.1, -0.05) is 0 Å². The summed E-state index contributed by atoms with van der Waals surface area (Å²) in [4.78, 5) is 19.1. The summed E-state index contributed by atoms with van der Waals surface area (Å²) >= 11 is 3.44. The van der Waals surface area contributed by atoms with Crippen molar-refractivity contribution in [2.45, 2.75) is 46.1 Å². The maximum absolute atomic E-state index is 12.4. The van der Waals surface area contributed by atoms with Crippen molar-refractivity contribution >= 4 is 27.7 Å². The van der Waals surface area contributed by atoms with Gasteiger partial charge in [0, 0.05) is 29.3 Å². The van der Waals surface area contributed by atoms with Crippen molar-refractivity contribution in [3.8, 4) is 0 Å². The van der Waals surface area contributed by atoms with Crippen LogP contribution < -0.4 is 10.2 Å². The van der Waals surface area contributed by atoms with Crippen LogP contribution in [-0.2, 0) is 4.79 Å². The van der Waals surface area contributed by atoms with Crippen molar-refractivity contribution in [2.24, 2.45) is 5.92 Å². The monoisotopic (exact) mass is 353 g/mol. The van der Waals surface area contributed by atoms with E-state index in [-0.39, 0.29) is 17.4 Å². The fraction of sp³-hybridized carbons (Fsp3) is 0.625. The maximum Gasteiger partial charge on any atom is 0.225 e. The van der Waals surface area contributed by atoms with Crippen molar-refractivity contribution < 1.29 is 4.79 Å². The summed E-state index contributed by atoms with van der Waals surface area (Å²) in [7, 11) is 0. The minimum absolute atomic E-state index is 0.0443. The number of aromatic nitrogens is 1. The van der Waals surface area contributed by atoms with Gasteiger partial charge in [-0.2, -0.15) is 0 Å². The Labute approximate surface area is 135 Å². The minimum Gasteiger partial charge on any atom is -0.356 e. The predicted molar refractivity (Wildman–Crippen MR) is 89.5 cm³/mol. The Bertz CT molecular complexity index is 525. The number of rotatable bonds is 2. The third-order valence-electron chi connectivity index (χ3n) is 3.61. The molecule has 1 fully saturated rings. The zero-order valence-electron chi connectivity index (χ0n) is 13.2. The Morgan fingerprint density at radius 1 is 1.48 bits per heavy atom. The zero-order chi connectivity index (χ0) is 15.6. The van der Waals surface area contributed by atoms with E-state index in [1.807, 2.05) is 27.0 Å². The Morgan fingerprint density at radius 2 is 2.19 bits per heavy atom. The van der Waals surface area contributed by atoms with E-state index >= 15 is 0 Å².